The van der Waals surface area contributed by atoms with Crippen LogP contribution in [-0.4, -0.2) is 28.5 Å². The van der Waals surface area contributed by atoms with Crippen molar-refractivity contribution in [3.05, 3.63) is 42.1 Å². The van der Waals surface area contributed by atoms with Crippen molar-refractivity contribution in [3.8, 4) is 11.3 Å². The molecule has 2 aromatic rings. The Morgan fingerprint density at radius 3 is 2.67 bits per heavy atom. The largest absolute Gasteiger partial charge is 0.400 e. The van der Waals surface area contributed by atoms with E-state index in [1.807, 2.05) is 0 Å². The second kappa shape index (κ2) is 6.41. The third-order valence-corrected chi connectivity index (χ3v) is 2.16. The van der Waals surface area contributed by atoms with Crippen LogP contribution in [0.2, 0.25) is 0 Å². The van der Waals surface area contributed by atoms with Crippen molar-refractivity contribution >= 4 is 12.0 Å². The van der Waals surface area contributed by atoms with Crippen molar-refractivity contribution in [2.75, 3.05) is 12.8 Å². The molecule has 0 unspecified atom stereocenters. The zero-order chi connectivity index (χ0) is 13.5. The van der Waals surface area contributed by atoms with E-state index in [2.05, 4.69) is 9.97 Å². The maximum absolute atomic E-state index is 13.6. The smallest absolute Gasteiger partial charge is 0.152 e. The fourth-order valence-corrected chi connectivity index (χ4v) is 1.35. The number of nitrogens with two attached hydrogens (primary N) is 1. The normalized spacial score (nSPS) is 9.28. The number of aromatic nitrogens is 2. The molecule has 0 radical (unpaired) electrons. The van der Waals surface area contributed by atoms with Gasteiger partial charge in [0.1, 0.15) is 12.1 Å². The van der Waals surface area contributed by atoms with Crippen molar-refractivity contribution in [1.82, 2.24) is 9.97 Å². The zero-order valence-corrected chi connectivity index (χ0v) is 9.67. The van der Waals surface area contributed by atoms with Gasteiger partial charge in [-0.15, -0.1) is 0 Å². The summed E-state index contributed by atoms with van der Waals surface area (Å²) in [6, 6.07) is 4.05. The average molecular weight is 249 g/mol. The van der Waals surface area contributed by atoms with Crippen LogP contribution in [0.15, 0.2) is 30.7 Å². The van der Waals surface area contributed by atoms with Gasteiger partial charge in [-0.3, -0.25) is 4.79 Å². The van der Waals surface area contributed by atoms with Gasteiger partial charge >= 0.3 is 0 Å². The van der Waals surface area contributed by atoms with Crippen molar-refractivity contribution in [1.29, 1.82) is 0 Å². The molecule has 1 heterocycles. The number of nitrogen functional groups attached to an aromatic ring is 1. The molecule has 0 saturated heterocycles. The Balaban J connectivity index is 0.000000771. The molecule has 0 spiro atoms. The van der Waals surface area contributed by atoms with Crippen LogP contribution in [0.4, 0.5) is 10.1 Å². The van der Waals surface area contributed by atoms with Gasteiger partial charge in [-0.2, -0.15) is 0 Å². The minimum absolute atomic E-state index is 0.116. The van der Waals surface area contributed by atoms with Gasteiger partial charge in [0.05, 0.1) is 5.69 Å². The summed E-state index contributed by atoms with van der Waals surface area (Å²) in [5, 5.41) is 7.00. The molecule has 18 heavy (non-hydrogen) atoms. The summed E-state index contributed by atoms with van der Waals surface area (Å²) in [7, 11) is 1.00. The number of hydrogen-bond acceptors (Lipinski definition) is 5. The molecule has 0 atom stereocenters. The Morgan fingerprint density at radius 1 is 1.39 bits per heavy atom. The number of nitrogens with zero attached hydrogens (tertiary/aromatic N) is 2. The molecule has 0 amide bonds. The number of carbonyl (C=O) groups is 1. The van der Waals surface area contributed by atoms with Crippen LogP contribution in [0.25, 0.3) is 11.3 Å². The molecule has 0 bridgehead atoms. The SMILES string of the molecule is CO.Nc1cc(F)c(-c2ccncn2)cc1C=O. The topological polar surface area (TPSA) is 89.1 Å². The second-order valence-corrected chi connectivity index (χ2v) is 3.17. The molecule has 0 fully saturated rings. The molecule has 0 saturated carbocycles. The maximum Gasteiger partial charge on any atom is 0.152 e. The molecule has 6 heteroatoms. The minimum Gasteiger partial charge on any atom is -0.400 e. The van der Waals surface area contributed by atoms with Gasteiger partial charge in [0.15, 0.2) is 6.29 Å². The third-order valence-electron chi connectivity index (χ3n) is 2.16. The summed E-state index contributed by atoms with van der Waals surface area (Å²) in [5.41, 5.74) is 6.48. The fraction of sp³-hybridized carbons (Fsp3) is 0.0833. The molecule has 94 valence electrons. The van der Waals surface area contributed by atoms with E-state index in [1.165, 1.54) is 18.6 Å². The van der Waals surface area contributed by atoms with Crippen LogP contribution >= 0.6 is 0 Å². The highest BCUT2D eigenvalue weighted by Gasteiger charge is 2.10. The Bertz CT molecular complexity index is 532. The van der Waals surface area contributed by atoms with Gasteiger partial charge < -0.3 is 10.8 Å². The number of aliphatic hydroxyl groups excluding tert-OH is 1. The van der Waals surface area contributed by atoms with Crippen molar-refractivity contribution in [2.45, 2.75) is 0 Å². The van der Waals surface area contributed by atoms with Crippen LogP contribution in [0, 0.1) is 5.82 Å². The van der Waals surface area contributed by atoms with Crippen LogP contribution in [0.1, 0.15) is 10.4 Å². The fourth-order valence-electron chi connectivity index (χ4n) is 1.35. The summed E-state index contributed by atoms with van der Waals surface area (Å²) >= 11 is 0. The molecule has 0 aliphatic carbocycles. The van der Waals surface area contributed by atoms with E-state index in [4.69, 9.17) is 10.8 Å². The molecular formula is C12H12FN3O2. The number of rotatable bonds is 2. The first-order chi connectivity index (χ1) is 8.72. The van der Waals surface area contributed by atoms with Gasteiger partial charge in [-0.1, -0.05) is 0 Å². The predicted molar refractivity (Wildman–Crippen MR) is 65.4 cm³/mol. The highest BCUT2D eigenvalue weighted by Crippen LogP contribution is 2.24. The highest BCUT2D eigenvalue weighted by molar-refractivity contribution is 5.86. The average Bonchev–Trinajstić information content (AvgIpc) is 2.42. The number of benzene rings is 1. The lowest BCUT2D eigenvalue weighted by atomic mass is 10.1. The lowest BCUT2D eigenvalue weighted by Gasteiger charge is -2.05. The van der Waals surface area contributed by atoms with Gasteiger partial charge in [0.2, 0.25) is 0 Å². The Kier molecular flexibility index (Phi) is 4.89. The van der Waals surface area contributed by atoms with Crippen LogP contribution in [0.5, 0.6) is 0 Å². The number of hydrogen-bond donors (Lipinski definition) is 2. The Labute approximate surface area is 103 Å². The van der Waals surface area contributed by atoms with E-state index in [1.54, 1.807) is 6.07 Å². The second-order valence-electron chi connectivity index (χ2n) is 3.17. The maximum atomic E-state index is 13.6. The van der Waals surface area contributed by atoms with E-state index in [-0.39, 0.29) is 16.8 Å². The van der Waals surface area contributed by atoms with Crippen molar-refractivity contribution in [3.63, 3.8) is 0 Å². The quantitative estimate of drug-likeness (QED) is 0.618. The van der Waals surface area contributed by atoms with Crippen LogP contribution in [0.3, 0.4) is 0 Å². The third kappa shape index (κ3) is 2.86. The van der Waals surface area contributed by atoms with E-state index in [0.29, 0.717) is 12.0 Å². The molecule has 0 aliphatic heterocycles. The van der Waals surface area contributed by atoms with Crippen molar-refractivity contribution in [2.24, 2.45) is 0 Å². The minimum atomic E-state index is -0.512. The lowest BCUT2D eigenvalue weighted by Crippen LogP contribution is -1.97. The lowest BCUT2D eigenvalue weighted by molar-refractivity contribution is 0.112. The van der Waals surface area contributed by atoms with Crippen molar-refractivity contribution < 1.29 is 14.3 Å². The first kappa shape index (κ1) is 13.7. The molecule has 0 aliphatic rings. The number of carbonyl (C=O) groups excluding carboxylic acids is 1. The summed E-state index contributed by atoms with van der Waals surface area (Å²) in [4.78, 5) is 18.3. The first-order valence-electron chi connectivity index (χ1n) is 4.97. The monoisotopic (exact) mass is 249 g/mol. The standard InChI is InChI=1S/C11H8FN3O.CH4O/c12-9-4-10(13)7(5-16)3-8(9)11-1-2-14-6-15-11;1-2/h1-6H,13H2;2H,1H3. The molecule has 3 N–H and O–H groups in total. The Morgan fingerprint density at radius 2 is 2.11 bits per heavy atom. The summed E-state index contributed by atoms with van der Waals surface area (Å²) in [6.45, 7) is 0. The van der Waals surface area contributed by atoms with Crippen LogP contribution in [-0.2, 0) is 0 Å². The highest BCUT2D eigenvalue weighted by atomic mass is 19.1. The zero-order valence-electron chi connectivity index (χ0n) is 9.67. The van der Waals surface area contributed by atoms with E-state index in [0.717, 1.165) is 13.2 Å². The summed E-state index contributed by atoms with van der Waals surface area (Å²) in [6.07, 6.45) is 3.39. The van der Waals surface area contributed by atoms with Crippen LogP contribution < -0.4 is 5.73 Å². The summed E-state index contributed by atoms with van der Waals surface area (Å²) in [5.74, 6) is -0.512. The predicted octanol–water partition coefficient (Wildman–Crippen LogP) is 1.29. The molecule has 1 aromatic heterocycles. The molecular weight excluding hydrogens is 237 g/mol. The molecule has 1 aromatic carbocycles. The van der Waals surface area contributed by atoms with Gasteiger partial charge in [0, 0.05) is 30.1 Å². The molecule has 5 nitrogen and oxygen atoms in total. The summed E-state index contributed by atoms with van der Waals surface area (Å²) < 4.78 is 13.6. The number of aldehydes is 1. The molecule has 2 rings (SSSR count). The Hall–Kier alpha value is -2.34. The van der Waals surface area contributed by atoms with E-state index >= 15 is 0 Å². The number of aliphatic hydroxyl groups is 1. The number of anilines is 1. The van der Waals surface area contributed by atoms with Gasteiger partial charge in [0.25, 0.3) is 0 Å². The van der Waals surface area contributed by atoms with E-state index < -0.39 is 5.82 Å². The number of halogens is 1. The first-order valence-corrected chi connectivity index (χ1v) is 4.97. The van der Waals surface area contributed by atoms with Gasteiger partial charge in [-0.25, -0.2) is 14.4 Å². The van der Waals surface area contributed by atoms with E-state index in [9.17, 15) is 9.18 Å². The van der Waals surface area contributed by atoms with Gasteiger partial charge in [-0.05, 0) is 18.2 Å².